The molecule has 0 spiro atoms. The number of esters is 3. The minimum Gasteiger partial charge on any atom is -0.465 e. The Kier molecular flexibility index (Phi) is 39.6. The van der Waals surface area contributed by atoms with Gasteiger partial charge >= 0.3 is 44.3 Å². The molecule has 0 aliphatic rings. The highest BCUT2D eigenvalue weighted by atomic mass is 32.2. The third-order valence-corrected chi connectivity index (χ3v) is 22.0. The molecule has 0 aromatic rings. The number of thioether (sulfide) groups is 3. The molecule has 374 valence electrons. The molecule has 21 heteroatoms. The Morgan fingerprint density at radius 1 is 0.365 bits per heavy atom. The molecule has 0 unspecified atom stereocenters. The van der Waals surface area contributed by atoms with Gasteiger partial charge in [0.25, 0.3) is 0 Å². The van der Waals surface area contributed by atoms with Crippen LogP contribution in [0.25, 0.3) is 0 Å². The van der Waals surface area contributed by atoms with Crippen LogP contribution in [0.5, 0.6) is 0 Å². The maximum atomic E-state index is 13.0. The second kappa shape index (κ2) is 39.7. The lowest BCUT2D eigenvalue weighted by Crippen LogP contribution is -2.46. The van der Waals surface area contributed by atoms with Gasteiger partial charge in [0.2, 0.25) is 0 Å². The maximum Gasteiger partial charge on any atom is 0.500 e. The van der Waals surface area contributed by atoms with Gasteiger partial charge in [-0.15, -0.1) is 0 Å². The summed E-state index contributed by atoms with van der Waals surface area (Å²) in [6.07, 6.45) is 3.64. The molecule has 0 saturated carbocycles. The van der Waals surface area contributed by atoms with E-state index < -0.39 is 31.8 Å². The smallest absolute Gasteiger partial charge is 0.465 e. The van der Waals surface area contributed by atoms with Gasteiger partial charge in [-0.3, -0.25) is 14.4 Å². The fraction of sp³-hybridized carbons (Fsp3) is 0.929. The van der Waals surface area contributed by atoms with Crippen molar-refractivity contribution in [3.63, 3.8) is 0 Å². The second-order valence-corrected chi connectivity index (χ2v) is 26.0. The van der Waals surface area contributed by atoms with Crippen LogP contribution >= 0.6 is 35.3 Å². The predicted molar refractivity (Wildman–Crippen MR) is 262 cm³/mol. The van der Waals surface area contributed by atoms with Crippen LogP contribution in [-0.4, -0.2) is 158 Å². The van der Waals surface area contributed by atoms with E-state index in [2.05, 4.69) is 0 Å². The standard InChI is InChI=1S/C42H86O15S3Si3/c1-11-42(36-46-39(43)24-30-58-27-21-33-61(49-12-2,50-13-3)51-14-4,37-47-40(44)25-31-59-28-22-34-62(52-15-5,53-16-6)54-17-7)38-48-41(45)26-32-60-29-23-35-63(55-18-8,56-19-9)57-20-10/h11-38H2,1-10H3. The van der Waals surface area contributed by atoms with Gasteiger partial charge in [-0.1, -0.05) is 6.92 Å². The van der Waals surface area contributed by atoms with Gasteiger partial charge in [0.05, 0.1) is 24.7 Å². The van der Waals surface area contributed by atoms with Crippen molar-refractivity contribution in [1.82, 2.24) is 0 Å². The van der Waals surface area contributed by atoms with Crippen molar-refractivity contribution in [3.05, 3.63) is 0 Å². The molecule has 0 rings (SSSR count). The Bertz CT molecular complexity index is 969. The monoisotopic (exact) mass is 1010 g/mol. The van der Waals surface area contributed by atoms with E-state index in [1.165, 1.54) is 0 Å². The minimum absolute atomic E-state index is 0.0431. The topological polar surface area (TPSA) is 162 Å². The molecule has 0 amide bonds. The Morgan fingerprint density at radius 3 is 0.778 bits per heavy atom. The minimum atomic E-state index is -2.70. The van der Waals surface area contributed by atoms with Gasteiger partial charge in [0.15, 0.2) is 0 Å². The SMILES string of the molecule is CCO[Si](CCCSCCC(=O)OCC(CC)(COC(=O)CCSCCC[Si](OCC)(OCC)OCC)COC(=O)CCSCCC[Si](OCC)(OCC)OCC)(OCC)OCC. The van der Waals surface area contributed by atoms with Gasteiger partial charge in [0.1, 0.15) is 19.8 Å². The van der Waals surface area contributed by atoms with Crippen molar-refractivity contribution in [2.24, 2.45) is 5.41 Å². The molecule has 15 nitrogen and oxygen atoms in total. The zero-order chi connectivity index (χ0) is 47.1. The molecule has 0 aliphatic heterocycles. The highest BCUT2D eigenvalue weighted by Crippen LogP contribution is 2.27. The maximum absolute atomic E-state index is 13.0. The van der Waals surface area contributed by atoms with E-state index in [0.29, 0.717) is 101 Å². The molecule has 0 aromatic carbocycles. The molecule has 0 N–H and O–H groups in total. The molecule has 0 radical (unpaired) electrons. The van der Waals surface area contributed by atoms with Crippen LogP contribution in [0.15, 0.2) is 0 Å². The normalized spacial score (nSPS) is 12.5. The Labute approximate surface area is 397 Å². The Hall–Kier alpha value is -0.249. The fourth-order valence-corrected chi connectivity index (χ4v) is 17.5. The van der Waals surface area contributed by atoms with E-state index in [9.17, 15) is 14.4 Å². The van der Waals surface area contributed by atoms with Crippen molar-refractivity contribution < 1.29 is 68.4 Å². The molecular formula is C42H86O15S3Si3. The third-order valence-electron chi connectivity index (χ3n) is 9.31. The first-order chi connectivity index (χ1) is 30.4. The van der Waals surface area contributed by atoms with Gasteiger partial charge in [-0.05, 0) is 105 Å². The molecule has 0 aromatic heterocycles. The van der Waals surface area contributed by atoms with Gasteiger partial charge in [-0.25, -0.2) is 0 Å². The average Bonchev–Trinajstić information content (AvgIpc) is 3.25. The second-order valence-electron chi connectivity index (χ2n) is 14.2. The largest absolute Gasteiger partial charge is 0.500 e. The summed E-state index contributed by atoms with van der Waals surface area (Å²) < 4.78 is 70.9. The molecule has 0 heterocycles. The molecule has 0 fully saturated rings. The van der Waals surface area contributed by atoms with E-state index in [0.717, 1.165) is 36.5 Å². The summed E-state index contributed by atoms with van der Waals surface area (Å²) in [6, 6.07) is 2.14. The number of hydrogen-bond donors (Lipinski definition) is 0. The first kappa shape index (κ1) is 62.8. The summed E-state index contributed by atoms with van der Waals surface area (Å²) >= 11 is 4.99. The summed E-state index contributed by atoms with van der Waals surface area (Å²) in [5, 5.41) is 0. The highest BCUT2D eigenvalue weighted by Gasteiger charge is 2.41. The number of rotatable bonds is 46. The van der Waals surface area contributed by atoms with Crippen LogP contribution in [0.1, 0.15) is 114 Å². The van der Waals surface area contributed by atoms with Crippen molar-refractivity contribution in [1.29, 1.82) is 0 Å². The van der Waals surface area contributed by atoms with Gasteiger partial charge in [0, 0.05) is 94.9 Å². The zero-order valence-corrected chi connectivity index (χ0v) is 46.1. The lowest BCUT2D eigenvalue weighted by Gasteiger charge is -2.31. The van der Waals surface area contributed by atoms with Crippen LogP contribution in [0, 0.1) is 5.41 Å². The summed E-state index contributed by atoms with van der Waals surface area (Å²) in [6.45, 7) is 24.1. The Morgan fingerprint density at radius 2 is 0.587 bits per heavy atom. The highest BCUT2D eigenvalue weighted by molar-refractivity contribution is 7.99. The van der Waals surface area contributed by atoms with Crippen LogP contribution in [-0.2, 0) is 68.4 Å². The third kappa shape index (κ3) is 29.3. The molecule has 63 heavy (non-hydrogen) atoms. The molecule has 0 bridgehead atoms. The van der Waals surface area contributed by atoms with E-state index in [1.807, 2.05) is 69.2 Å². The van der Waals surface area contributed by atoms with Crippen molar-refractivity contribution in [2.45, 2.75) is 132 Å². The summed E-state index contributed by atoms with van der Waals surface area (Å²) in [4.78, 5) is 38.9. The lowest BCUT2D eigenvalue weighted by atomic mass is 9.88. The van der Waals surface area contributed by atoms with Crippen molar-refractivity contribution in [2.75, 3.05) is 114 Å². The van der Waals surface area contributed by atoms with Crippen LogP contribution in [0.4, 0.5) is 0 Å². The Balaban J connectivity index is 5.28. The van der Waals surface area contributed by atoms with Crippen LogP contribution in [0.3, 0.4) is 0 Å². The van der Waals surface area contributed by atoms with E-state index in [-0.39, 0.29) is 57.0 Å². The van der Waals surface area contributed by atoms with E-state index >= 15 is 0 Å². The lowest BCUT2D eigenvalue weighted by molar-refractivity contribution is -0.161. The number of hydrogen-bond acceptors (Lipinski definition) is 18. The van der Waals surface area contributed by atoms with Crippen LogP contribution in [0.2, 0.25) is 18.1 Å². The number of carbonyl (C=O) groups excluding carboxylic acids is 3. The van der Waals surface area contributed by atoms with Gasteiger partial charge < -0.3 is 54.0 Å². The van der Waals surface area contributed by atoms with Crippen molar-refractivity contribution >= 4 is 79.6 Å². The van der Waals surface area contributed by atoms with Gasteiger partial charge in [-0.2, -0.15) is 35.3 Å². The zero-order valence-electron chi connectivity index (χ0n) is 40.6. The number of carbonyl (C=O) groups is 3. The average molecular weight is 1010 g/mol. The van der Waals surface area contributed by atoms with E-state index in [4.69, 9.17) is 54.0 Å². The summed E-state index contributed by atoms with van der Waals surface area (Å²) in [7, 11) is -8.11. The molecule has 0 saturated heterocycles. The number of ether oxygens (including phenoxy) is 3. The van der Waals surface area contributed by atoms with Crippen molar-refractivity contribution in [3.8, 4) is 0 Å². The fourth-order valence-electron chi connectivity index (χ4n) is 6.30. The van der Waals surface area contributed by atoms with E-state index in [1.54, 1.807) is 35.3 Å². The quantitative estimate of drug-likeness (QED) is 0.0246. The summed E-state index contributed by atoms with van der Waals surface area (Å²) in [5.74, 6) is 3.15. The summed E-state index contributed by atoms with van der Waals surface area (Å²) in [5.41, 5.74) is -0.891. The van der Waals surface area contributed by atoms with Crippen LogP contribution < -0.4 is 0 Å². The predicted octanol–water partition coefficient (Wildman–Crippen LogP) is 8.70. The molecule has 0 aliphatic carbocycles. The first-order valence-electron chi connectivity index (χ1n) is 23.4. The first-order valence-corrected chi connectivity index (χ1v) is 32.6. The molecule has 0 atom stereocenters. The molecular weight excluding hydrogens is 925 g/mol.